The summed E-state index contributed by atoms with van der Waals surface area (Å²) in [5, 5.41) is 2.88. The second-order valence-corrected chi connectivity index (χ2v) is 3.57. The lowest BCUT2D eigenvalue weighted by molar-refractivity contribution is -0.123. The van der Waals surface area contributed by atoms with E-state index in [2.05, 4.69) is 12.2 Å². The van der Waals surface area contributed by atoms with Crippen LogP contribution in [0.25, 0.3) is 0 Å². The molecular formula is C8H16N2O. The van der Waals surface area contributed by atoms with Gasteiger partial charge in [0.05, 0.1) is 6.04 Å². The van der Waals surface area contributed by atoms with Gasteiger partial charge in [-0.25, -0.2) is 0 Å². The van der Waals surface area contributed by atoms with Gasteiger partial charge in [-0.15, -0.1) is 0 Å². The molecule has 0 unspecified atom stereocenters. The van der Waals surface area contributed by atoms with E-state index in [0.717, 1.165) is 18.8 Å². The number of nitrogens with two attached hydrogens (primary N) is 1. The van der Waals surface area contributed by atoms with Crippen LogP contribution in [-0.4, -0.2) is 18.0 Å². The molecule has 1 rings (SSSR count). The normalized spacial score (nSPS) is 32.3. The van der Waals surface area contributed by atoms with Crippen molar-refractivity contribution < 1.29 is 4.79 Å². The van der Waals surface area contributed by atoms with E-state index in [1.165, 1.54) is 0 Å². The number of carbonyl (C=O) groups excluding carboxylic acids is 1. The lowest BCUT2D eigenvalue weighted by atomic mass is 9.82. The average molecular weight is 156 g/mol. The van der Waals surface area contributed by atoms with E-state index < -0.39 is 0 Å². The lowest BCUT2D eigenvalue weighted by Gasteiger charge is -2.33. The number of nitrogens with one attached hydrogen (secondary N) is 1. The molecule has 1 aliphatic carbocycles. The molecule has 0 spiro atoms. The van der Waals surface area contributed by atoms with Crippen molar-refractivity contribution in [3.63, 3.8) is 0 Å². The van der Waals surface area contributed by atoms with Crippen molar-refractivity contribution in [2.75, 3.05) is 0 Å². The molecule has 0 aromatic heterocycles. The quantitative estimate of drug-likeness (QED) is 0.602. The summed E-state index contributed by atoms with van der Waals surface area (Å²) in [7, 11) is 0. The van der Waals surface area contributed by atoms with Gasteiger partial charge < -0.3 is 11.1 Å². The Bertz CT molecular complexity index is 150. The van der Waals surface area contributed by atoms with Gasteiger partial charge in [0.15, 0.2) is 0 Å². The molecule has 0 aliphatic heterocycles. The molecule has 0 aromatic rings. The van der Waals surface area contributed by atoms with E-state index in [1.54, 1.807) is 6.92 Å². The molecule has 1 saturated carbocycles. The van der Waals surface area contributed by atoms with Crippen LogP contribution in [-0.2, 0) is 4.79 Å². The number of hydrogen-bond acceptors (Lipinski definition) is 2. The smallest absolute Gasteiger partial charge is 0.236 e. The summed E-state index contributed by atoms with van der Waals surface area (Å²) in [6.07, 6.45) is 2.22. The highest BCUT2D eigenvalue weighted by molar-refractivity contribution is 5.81. The van der Waals surface area contributed by atoms with Crippen molar-refractivity contribution in [3.05, 3.63) is 0 Å². The standard InChI is InChI=1S/C8H16N2O/c1-5-3-7(4-5)10-8(11)6(2)9/h5-7H,3-4,9H2,1-2H3,(H,10,11)/t5?,6-,7?/m1/s1. The van der Waals surface area contributed by atoms with Crippen LogP contribution in [0.4, 0.5) is 0 Å². The van der Waals surface area contributed by atoms with Gasteiger partial charge in [0.25, 0.3) is 0 Å². The van der Waals surface area contributed by atoms with Crippen molar-refractivity contribution >= 4 is 5.91 Å². The van der Waals surface area contributed by atoms with Gasteiger partial charge in [-0.2, -0.15) is 0 Å². The first-order valence-corrected chi connectivity index (χ1v) is 4.15. The Hall–Kier alpha value is -0.570. The number of hydrogen-bond donors (Lipinski definition) is 2. The fourth-order valence-electron chi connectivity index (χ4n) is 1.35. The van der Waals surface area contributed by atoms with E-state index >= 15 is 0 Å². The zero-order valence-corrected chi connectivity index (χ0v) is 7.13. The highest BCUT2D eigenvalue weighted by Gasteiger charge is 2.26. The maximum atomic E-state index is 11.0. The first-order valence-electron chi connectivity index (χ1n) is 4.15. The molecule has 0 bridgehead atoms. The number of rotatable bonds is 2. The van der Waals surface area contributed by atoms with E-state index in [1.807, 2.05) is 0 Å². The lowest BCUT2D eigenvalue weighted by Crippen LogP contribution is -2.48. The molecule has 1 aliphatic rings. The minimum Gasteiger partial charge on any atom is -0.352 e. The first-order chi connectivity index (χ1) is 5.09. The van der Waals surface area contributed by atoms with E-state index in [9.17, 15) is 4.79 Å². The summed E-state index contributed by atoms with van der Waals surface area (Å²) in [4.78, 5) is 11.0. The minimum atomic E-state index is -0.370. The summed E-state index contributed by atoms with van der Waals surface area (Å²) < 4.78 is 0. The van der Waals surface area contributed by atoms with Crippen LogP contribution < -0.4 is 11.1 Å². The molecule has 1 amide bonds. The van der Waals surface area contributed by atoms with E-state index in [-0.39, 0.29) is 11.9 Å². The van der Waals surface area contributed by atoms with Crippen LogP contribution in [0.5, 0.6) is 0 Å². The highest BCUT2D eigenvalue weighted by atomic mass is 16.2. The van der Waals surface area contributed by atoms with Gasteiger partial charge in [0.2, 0.25) is 5.91 Å². The highest BCUT2D eigenvalue weighted by Crippen LogP contribution is 2.25. The second-order valence-electron chi connectivity index (χ2n) is 3.57. The number of carbonyl (C=O) groups is 1. The molecule has 0 heterocycles. The average Bonchev–Trinajstić information content (AvgIpc) is 1.84. The van der Waals surface area contributed by atoms with Gasteiger partial charge >= 0.3 is 0 Å². The van der Waals surface area contributed by atoms with Gasteiger partial charge in [-0.05, 0) is 25.7 Å². The first kappa shape index (κ1) is 8.53. The fraction of sp³-hybridized carbons (Fsp3) is 0.875. The predicted octanol–water partition coefficient (Wildman–Crippen LogP) is 0.248. The summed E-state index contributed by atoms with van der Waals surface area (Å²) in [6.45, 7) is 3.89. The zero-order valence-electron chi connectivity index (χ0n) is 7.13. The Morgan fingerprint density at radius 1 is 1.64 bits per heavy atom. The zero-order chi connectivity index (χ0) is 8.43. The Kier molecular flexibility index (Phi) is 2.49. The van der Waals surface area contributed by atoms with Crippen LogP contribution >= 0.6 is 0 Å². The summed E-state index contributed by atoms with van der Waals surface area (Å²) >= 11 is 0. The Morgan fingerprint density at radius 3 is 2.55 bits per heavy atom. The van der Waals surface area contributed by atoms with E-state index in [4.69, 9.17) is 5.73 Å². The molecule has 3 heteroatoms. The number of amides is 1. The SMILES string of the molecule is CC1CC(NC(=O)[C@@H](C)N)C1. The molecule has 3 nitrogen and oxygen atoms in total. The van der Waals surface area contributed by atoms with Crippen LogP contribution in [0.3, 0.4) is 0 Å². The molecule has 64 valence electrons. The van der Waals surface area contributed by atoms with Crippen molar-refractivity contribution in [2.45, 2.75) is 38.8 Å². The second kappa shape index (κ2) is 3.22. The summed E-state index contributed by atoms with van der Waals surface area (Å²) in [6, 6.07) is 0.0226. The molecule has 0 saturated heterocycles. The van der Waals surface area contributed by atoms with Crippen molar-refractivity contribution in [3.8, 4) is 0 Å². The van der Waals surface area contributed by atoms with Crippen molar-refractivity contribution in [2.24, 2.45) is 11.7 Å². The van der Waals surface area contributed by atoms with Gasteiger partial charge in [0.1, 0.15) is 0 Å². The molecule has 1 atom stereocenters. The predicted molar refractivity (Wildman–Crippen MR) is 44.0 cm³/mol. The summed E-state index contributed by atoms with van der Waals surface area (Å²) in [5.41, 5.74) is 5.39. The Morgan fingerprint density at radius 2 is 2.18 bits per heavy atom. The minimum absolute atomic E-state index is 0.0260. The largest absolute Gasteiger partial charge is 0.352 e. The van der Waals surface area contributed by atoms with Gasteiger partial charge in [-0.3, -0.25) is 4.79 Å². The molecular weight excluding hydrogens is 140 g/mol. The molecule has 0 radical (unpaired) electrons. The maximum Gasteiger partial charge on any atom is 0.236 e. The third-order valence-electron chi connectivity index (χ3n) is 2.13. The van der Waals surface area contributed by atoms with Crippen molar-refractivity contribution in [1.29, 1.82) is 0 Å². The maximum absolute atomic E-state index is 11.0. The van der Waals surface area contributed by atoms with Crippen LogP contribution in [0.1, 0.15) is 26.7 Å². The molecule has 1 fully saturated rings. The van der Waals surface area contributed by atoms with Crippen LogP contribution in [0.15, 0.2) is 0 Å². The topological polar surface area (TPSA) is 55.1 Å². The van der Waals surface area contributed by atoms with Crippen LogP contribution in [0.2, 0.25) is 0 Å². The Labute approximate surface area is 67.3 Å². The molecule has 0 aromatic carbocycles. The van der Waals surface area contributed by atoms with Gasteiger partial charge in [0, 0.05) is 6.04 Å². The molecule has 3 N–H and O–H groups in total. The fourth-order valence-corrected chi connectivity index (χ4v) is 1.35. The Balaban J connectivity index is 2.17. The monoisotopic (exact) mass is 156 g/mol. The van der Waals surface area contributed by atoms with Gasteiger partial charge in [-0.1, -0.05) is 6.92 Å². The van der Waals surface area contributed by atoms with E-state index in [0.29, 0.717) is 6.04 Å². The molecule has 11 heavy (non-hydrogen) atoms. The van der Waals surface area contributed by atoms with Crippen LogP contribution in [0, 0.1) is 5.92 Å². The third kappa shape index (κ3) is 2.19. The third-order valence-corrected chi connectivity index (χ3v) is 2.13. The van der Waals surface area contributed by atoms with Crippen molar-refractivity contribution in [1.82, 2.24) is 5.32 Å². The summed E-state index contributed by atoms with van der Waals surface area (Å²) in [5.74, 6) is 0.746.